The first-order valence-corrected chi connectivity index (χ1v) is 8.85. The van der Waals surface area contributed by atoms with Gasteiger partial charge in [0.2, 0.25) is 10.0 Å². The number of benzene rings is 1. The van der Waals surface area contributed by atoms with Gasteiger partial charge in [-0.15, -0.1) is 0 Å². The molecule has 0 aliphatic carbocycles. The third-order valence-electron chi connectivity index (χ3n) is 3.45. The summed E-state index contributed by atoms with van der Waals surface area (Å²) in [5.41, 5.74) is 0.408. The fourth-order valence-electron chi connectivity index (χ4n) is 2.11. The lowest BCUT2D eigenvalue weighted by atomic mass is 10.2. The summed E-state index contributed by atoms with van der Waals surface area (Å²) in [5.74, 6) is -1.06. The number of nitrogens with zero attached hydrogens (tertiary/aromatic N) is 1. The molecule has 9 heteroatoms. The van der Waals surface area contributed by atoms with Crippen LogP contribution in [0, 0.1) is 0 Å². The zero-order valence-electron chi connectivity index (χ0n) is 13.5. The van der Waals surface area contributed by atoms with Gasteiger partial charge in [-0.1, -0.05) is 0 Å². The minimum absolute atomic E-state index is 0.121. The molecule has 1 saturated heterocycles. The van der Waals surface area contributed by atoms with Crippen molar-refractivity contribution in [1.82, 2.24) is 4.31 Å². The van der Waals surface area contributed by atoms with Crippen LogP contribution < -0.4 is 5.32 Å². The van der Waals surface area contributed by atoms with Crippen LogP contribution in [0.25, 0.3) is 0 Å². The Balaban J connectivity index is 1.87. The number of nitrogens with one attached hydrogen (secondary N) is 1. The summed E-state index contributed by atoms with van der Waals surface area (Å²) in [6, 6.07) is 5.72. The molecular weight excluding hydrogens is 336 g/mol. The van der Waals surface area contributed by atoms with Gasteiger partial charge in [-0.2, -0.15) is 0 Å². The number of hydrogen-bond acceptors (Lipinski definition) is 6. The number of rotatable bonds is 6. The van der Waals surface area contributed by atoms with Gasteiger partial charge in [-0.25, -0.2) is 17.5 Å². The molecule has 1 aromatic rings. The van der Waals surface area contributed by atoms with E-state index in [1.54, 1.807) is 0 Å². The molecule has 2 rings (SSSR count). The van der Waals surface area contributed by atoms with Crippen molar-refractivity contribution in [3.63, 3.8) is 0 Å². The smallest absolute Gasteiger partial charge is 0.335 e. The van der Waals surface area contributed by atoms with Crippen LogP contribution in [0.2, 0.25) is 0 Å². The predicted octanol–water partition coefficient (Wildman–Crippen LogP) is 0.598. The Morgan fingerprint density at radius 3 is 2.50 bits per heavy atom. The summed E-state index contributed by atoms with van der Waals surface area (Å²) < 4.78 is 35.0. The van der Waals surface area contributed by atoms with Crippen molar-refractivity contribution in [3.05, 3.63) is 24.3 Å². The predicted molar refractivity (Wildman–Crippen MR) is 85.9 cm³/mol. The summed E-state index contributed by atoms with van der Waals surface area (Å²) in [5, 5.41) is 2.53. The SMILES string of the molecule is CN(C)S(=O)(=O)c1ccc(NC(=O)COC(=O)[C@H]2CCCO2)cc1. The monoisotopic (exact) mass is 356 g/mol. The summed E-state index contributed by atoms with van der Waals surface area (Å²) in [7, 11) is -0.640. The molecule has 1 atom stereocenters. The molecular formula is C15H20N2O6S. The first-order chi connectivity index (χ1) is 11.3. The van der Waals surface area contributed by atoms with Gasteiger partial charge >= 0.3 is 5.97 Å². The average molecular weight is 356 g/mol. The van der Waals surface area contributed by atoms with Crippen LogP contribution in [0.1, 0.15) is 12.8 Å². The Hall–Kier alpha value is -1.97. The highest BCUT2D eigenvalue weighted by Gasteiger charge is 2.25. The number of hydrogen-bond donors (Lipinski definition) is 1. The van der Waals surface area contributed by atoms with E-state index < -0.39 is 34.6 Å². The summed E-state index contributed by atoms with van der Waals surface area (Å²) in [6.07, 6.45) is 0.810. The Kier molecular flexibility index (Phi) is 5.92. The second-order valence-electron chi connectivity index (χ2n) is 5.47. The van der Waals surface area contributed by atoms with Crippen molar-refractivity contribution in [3.8, 4) is 0 Å². The Morgan fingerprint density at radius 1 is 1.29 bits per heavy atom. The van der Waals surface area contributed by atoms with Gasteiger partial charge in [0.1, 0.15) is 0 Å². The number of esters is 1. The fourth-order valence-corrected chi connectivity index (χ4v) is 3.01. The summed E-state index contributed by atoms with van der Waals surface area (Å²) in [4.78, 5) is 23.5. The van der Waals surface area contributed by atoms with E-state index in [0.717, 1.165) is 10.7 Å². The van der Waals surface area contributed by atoms with Crippen molar-refractivity contribution in [1.29, 1.82) is 0 Å². The Morgan fingerprint density at radius 2 is 1.96 bits per heavy atom. The maximum Gasteiger partial charge on any atom is 0.335 e. The highest BCUT2D eigenvalue weighted by molar-refractivity contribution is 7.89. The maximum absolute atomic E-state index is 11.9. The van der Waals surface area contributed by atoms with Gasteiger partial charge in [0.05, 0.1) is 4.90 Å². The van der Waals surface area contributed by atoms with Crippen LogP contribution in [0.4, 0.5) is 5.69 Å². The van der Waals surface area contributed by atoms with Crippen LogP contribution in [0.5, 0.6) is 0 Å². The van der Waals surface area contributed by atoms with E-state index in [-0.39, 0.29) is 4.90 Å². The van der Waals surface area contributed by atoms with Gasteiger partial charge in [-0.05, 0) is 37.1 Å². The second kappa shape index (κ2) is 7.73. The van der Waals surface area contributed by atoms with Gasteiger partial charge in [0.25, 0.3) is 5.91 Å². The van der Waals surface area contributed by atoms with Gasteiger partial charge in [0.15, 0.2) is 12.7 Å². The summed E-state index contributed by atoms with van der Waals surface area (Å²) >= 11 is 0. The van der Waals surface area contributed by atoms with Crippen LogP contribution in [-0.2, 0) is 29.1 Å². The third kappa shape index (κ3) is 4.53. The zero-order chi connectivity index (χ0) is 17.7. The van der Waals surface area contributed by atoms with Crippen molar-refractivity contribution in [2.45, 2.75) is 23.8 Å². The largest absolute Gasteiger partial charge is 0.454 e. The molecule has 8 nitrogen and oxygen atoms in total. The number of carbonyl (C=O) groups is 2. The number of sulfonamides is 1. The number of ether oxygens (including phenoxy) is 2. The number of anilines is 1. The van der Waals surface area contributed by atoms with Crippen molar-refractivity contribution < 1.29 is 27.5 Å². The maximum atomic E-state index is 11.9. The first kappa shape index (κ1) is 18.4. The quantitative estimate of drug-likeness (QED) is 0.749. The second-order valence-corrected chi connectivity index (χ2v) is 7.62. The number of carbonyl (C=O) groups excluding carboxylic acids is 2. The first-order valence-electron chi connectivity index (χ1n) is 7.41. The van der Waals surface area contributed by atoms with Crippen LogP contribution in [0.15, 0.2) is 29.2 Å². The molecule has 0 radical (unpaired) electrons. The van der Waals surface area contributed by atoms with E-state index in [0.29, 0.717) is 18.7 Å². The molecule has 1 aromatic carbocycles. The zero-order valence-corrected chi connectivity index (χ0v) is 14.3. The van der Waals surface area contributed by atoms with Crippen LogP contribution >= 0.6 is 0 Å². The molecule has 24 heavy (non-hydrogen) atoms. The molecule has 1 aliphatic heterocycles. The van der Waals surface area contributed by atoms with Crippen LogP contribution in [0.3, 0.4) is 0 Å². The van der Waals surface area contributed by atoms with Crippen molar-refractivity contribution >= 4 is 27.6 Å². The molecule has 1 N–H and O–H groups in total. The lowest BCUT2D eigenvalue weighted by Gasteiger charge is -2.12. The molecule has 1 heterocycles. The fraction of sp³-hybridized carbons (Fsp3) is 0.467. The highest BCUT2D eigenvalue weighted by atomic mass is 32.2. The molecule has 1 fully saturated rings. The van der Waals surface area contributed by atoms with Crippen molar-refractivity contribution in [2.75, 3.05) is 32.6 Å². The molecule has 0 spiro atoms. The Labute approximate surface area is 140 Å². The van der Waals surface area contributed by atoms with Gasteiger partial charge in [-0.3, -0.25) is 4.79 Å². The van der Waals surface area contributed by atoms with E-state index in [1.807, 2.05) is 0 Å². The molecule has 0 bridgehead atoms. The molecule has 1 amide bonds. The van der Waals surface area contributed by atoms with E-state index in [4.69, 9.17) is 9.47 Å². The summed E-state index contributed by atoms with van der Waals surface area (Å²) in [6.45, 7) is 0.102. The molecule has 0 aromatic heterocycles. The van der Waals surface area contributed by atoms with Gasteiger partial charge in [0, 0.05) is 26.4 Å². The van der Waals surface area contributed by atoms with E-state index in [9.17, 15) is 18.0 Å². The number of amides is 1. The highest BCUT2D eigenvalue weighted by Crippen LogP contribution is 2.17. The average Bonchev–Trinajstić information content (AvgIpc) is 3.07. The van der Waals surface area contributed by atoms with Crippen LogP contribution in [-0.4, -0.2) is 58.0 Å². The normalized spacial score (nSPS) is 17.7. The third-order valence-corrected chi connectivity index (χ3v) is 5.28. The minimum Gasteiger partial charge on any atom is -0.454 e. The molecule has 132 valence electrons. The van der Waals surface area contributed by atoms with E-state index in [2.05, 4.69) is 5.32 Å². The lowest BCUT2D eigenvalue weighted by Crippen LogP contribution is -2.27. The molecule has 1 aliphatic rings. The minimum atomic E-state index is -3.52. The lowest BCUT2D eigenvalue weighted by molar-refractivity contribution is -0.156. The molecule has 0 unspecified atom stereocenters. The molecule has 0 saturated carbocycles. The van der Waals surface area contributed by atoms with E-state index >= 15 is 0 Å². The standard InChI is InChI=1S/C15H20N2O6S/c1-17(2)24(20,21)12-7-5-11(6-8-12)16-14(18)10-23-15(19)13-4-3-9-22-13/h5-8,13H,3-4,9-10H2,1-2H3,(H,16,18)/t13-/m1/s1. The van der Waals surface area contributed by atoms with Crippen molar-refractivity contribution in [2.24, 2.45) is 0 Å². The van der Waals surface area contributed by atoms with E-state index in [1.165, 1.54) is 38.4 Å². The van der Waals surface area contributed by atoms with Gasteiger partial charge < -0.3 is 14.8 Å². The Bertz CT molecular complexity index is 693. The topological polar surface area (TPSA) is 102 Å².